The monoisotopic (exact) mass is 485 g/mol. The molecule has 2 aliphatic heterocycles. The third kappa shape index (κ3) is 5.25. The maximum Gasteiger partial charge on any atom is 0.254 e. The van der Waals surface area contributed by atoms with Gasteiger partial charge in [-0.2, -0.15) is 0 Å². The molecule has 8 heteroatoms. The Hall–Kier alpha value is -2.93. The molecule has 0 atom stereocenters. The summed E-state index contributed by atoms with van der Waals surface area (Å²) in [7, 11) is 3.13. The third-order valence-electron chi connectivity index (χ3n) is 6.83. The number of rotatable bonds is 5. The first-order chi connectivity index (χ1) is 16.4. The Morgan fingerprint density at radius 3 is 2.06 bits per heavy atom. The van der Waals surface area contributed by atoms with Crippen LogP contribution in [-0.2, 0) is 4.79 Å². The number of amides is 2. The molecule has 0 radical (unpaired) electrons. The van der Waals surface area contributed by atoms with E-state index in [1.165, 1.54) is 5.56 Å². The summed E-state index contributed by atoms with van der Waals surface area (Å²) in [5, 5.41) is 0.729. The summed E-state index contributed by atoms with van der Waals surface area (Å²) in [5.41, 5.74) is 2.86. The van der Waals surface area contributed by atoms with Gasteiger partial charge in [0.15, 0.2) is 0 Å². The Bertz CT molecular complexity index is 1020. The van der Waals surface area contributed by atoms with Crippen LogP contribution in [0.15, 0.2) is 36.4 Å². The maximum absolute atomic E-state index is 13.2. The predicted octanol–water partition coefficient (Wildman–Crippen LogP) is 3.87. The van der Waals surface area contributed by atoms with E-state index in [2.05, 4.69) is 11.8 Å². The first-order valence-corrected chi connectivity index (χ1v) is 12.1. The predicted molar refractivity (Wildman–Crippen MR) is 133 cm³/mol. The zero-order valence-electron chi connectivity index (χ0n) is 20.1. The van der Waals surface area contributed by atoms with E-state index in [4.69, 9.17) is 21.1 Å². The second-order valence-electron chi connectivity index (χ2n) is 8.91. The van der Waals surface area contributed by atoms with E-state index in [1.54, 1.807) is 32.4 Å². The van der Waals surface area contributed by atoms with Gasteiger partial charge in [-0.1, -0.05) is 17.7 Å². The lowest BCUT2D eigenvalue weighted by Crippen LogP contribution is -2.52. The molecule has 2 aromatic rings. The van der Waals surface area contributed by atoms with Crippen molar-refractivity contribution in [2.75, 3.05) is 58.4 Å². The normalized spacial score (nSPS) is 17.0. The molecule has 0 N–H and O–H groups in total. The number of carbonyl (C=O) groups is 2. The van der Waals surface area contributed by atoms with Gasteiger partial charge in [-0.3, -0.25) is 9.59 Å². The van der Waals surface area contributed by atoms with Gasteiger partial charge in [0.05, 0.1) is 14.2 Å². The van der Waals surface area contributed by atoms with Crippen molar-refractivity contribution in [1.82, 2.24) is 9.80 Å². The highest BCUT2D eigenvalue weighted by Crippen LogP contribution is 2.28. The topological polar surface area (TPSA) is 62.3 Å². The van der Waals surface area contributed by atoms with Crippen molar-refractivity contribution >= 4 is 29.1 Å². The fourth-order valence-electron chi connectivity index (χ4n) is 4.79. The van der Waals surface area contributed by atoms with Gasteiger partial charge in [-0.25, -0.2) is 0 Å². The van der Waals surface area contributed by atoms with Crippen LogP contribution < -0.4 is 14.4 Å². The van der Waals surface area contributed by atoms with E-state index in [1.807, 2.05) is 28.0 Å². The van der Waals surface area contributed by atoms with Crippen molar-refractivity contribution in [1.29, 1.82) is 0 Å². The van der Waals surface area contributed by atoms with Gasteiger partial charge in [0.25, 0.3) is 5.91 Å². The lowest BCUT2D eigenvalue weighted by molar-refractivity contribution is -0.137. The third-order valence-corrected chi connectivity index (χ3v) is 7.07. The fourth-order valence-corrected chi connectivity index (χ4v) is 4.96. The smallest absolute Gasteiger partial charge is 0.254 e. The second kappa shape index (κ2) is 10.6. The first kappa shape index (κ1) is 24.2. The molecule has 2 heterocycles. The number of likely N-dealkylation sites (tertiary alicyclic amines) is 1. The molecule has 0 aliphatic carbocycles. The maximum atomic E-state index is 13.2. The van der Waals surface area contributed by atoms with E-state index >= 15 is 0 Å². The summed E-state index contributed by atoms with van der Waals surface area (Å²) in [4.78, 5) is 32.3. The van der Waals surface area contributed by atoms with Crippen molar-refractivity contribution in [3.8, 4) is 11.5 Å². The van der Waals surface area contributed by atoms with Gasteiger partial charge in [0.2, 0.25) is 5.91 Å². The zero-order chi connectivity index (χ0) is 24.2. The van der Waals surface area contributed by atoms with E-state index in [0.717, 1.165) is 23.8 Å². The van der Waals surface area contributed by atoms with Gasteiger partial charge in [-0.05, 0) is 49.6 Å². The Morgan fingerprint density at radius 2 is 1.47 bits per heavy atom. The number of piperazine rings is 1. The highest BCUT2D eigenvalue weighted by Gasteiger charge is 2.32. The summed E-state index contributed by atoms with van der Waals surface area (Å²) < 4.78 is 10.6. The number of ether oxygens (including phenoxy) is 2. The molecule has 0 bridgehead atoms. The van der Waals surface area contributed by atoms with Crippen LogP contribution in [0.4, 0.5) is 5.69 Å². The van der Waals surface area contributed by atoms with Crippen LogP contribution in [-0.4, -0.2) is 75.1 Å². The summed E-state index contributed by atoms with van der Waals surface area (Å²) in [6.07, 6.45) is 1.36. The second-order valence-corrected chi connectivity index (χ2v) is 9.35. The molecule has 4 rings (SSSR count). The van der Waals surface area contributed by atoms with Crippen molar-refractivity contribution in [2.45, 2.75) is 19.8 Å². The van der Waals surface area contributed by atoms with Crippen LogP contribution in [0.3, 0.4) is 0 Å². The van der Waals surface area contributed by atoms with Gasteiger partial charge in [-0.15, -0.1) is 0 Å². The lowest BCUT2D eigenvalue weighted by Gasteiger charge is -2.39. The molecule has 0 aromatic heterocycles. The number of carbonyl (C=O) groups excluding carboxylic acids is 2. The summed E-state index contributed by atoms with van der Waals surface area (Å²) in [6, 6.07) is 11.1. The minimum atomic E-state index is -0.0615. The van der Waals surface area contributed by atoms with E-state index < -0.39 is 0 Å². The van der Waals surface area contributed by atoms with E-state index in [-0.39, 0.29) is 17.7 Å². The minimum absolute atomic E-state index is 0.0386. The van der Waals surface area contributed by atoms with Crippen LogP contribution in [0.2, 0.25) is 5.02 Å². The average molecular weight is 486 g/mol. The summed E-state index contributed by atoms with van der Waals surface area (Å²) in [6.45, 7) is 6.21. The van der Waals surface area contributed by atoms with Gasteiger partial charge >= 0.3 is 0 Å². The summed E-state index contributed by atoms with van der Waals surface area (Å²) >= 11 is 6.19. The van der Waals surface area contributed by atoms with Crippen molar-refractivity contribution < 1.29 is 19.1 Å². The molecular formula is C26H32ClN3O4. The highest BCUT2D eigenvalue weighted by atomic mass is 35.5. The van der Waals surface area contributed by atoms with Crippen LogP contribution in [0, 0.1) is 12.8 Å². The average Bonchev–Trinajstić information content (AvgIpc) is 2.89. The lowest BCUT2D eigenvalue weighted by atomic mass is 9.94. The molecule has 2 aliphatic rings. The van der Waals surface area contributed by atoms with Crippen LogP contribution in [0.5, 0.6) is 11.5 Å². The molecule has 2 saturated heterocycles. The zero-order valence-corrected chi connectivity index (χ0v) is 20.8. The molecule has 34 heavy (non-hydrogen) atoms. The number of anilines is 1. The molecule has 7 nitrogen and oxygen atoms in total. The van der Waals surface area contributed by atoms with Crippen molar-refractivity contribution in [3.05, 3.63) is 52.5 Å². The Labute approximate surface area is 206 Å². The first-order valence-electron chi connectivity index (χ1n) is 11.7. The molecule has 2 aromatic carbocycles. The summed E-state index contributed by atoms with van der Waals surface area (Å²) in [5.74, 6) is 1.27. The Morgan fingerprint density at radius 1 is 0.853 bits per heavy atom. The molecule has 0 saturated carbocycles. The van der Waals surface area contributed by atoms with Gasteiger partial charge < -0.3 is 24.2 Å². The number of hydrogen-bond acceptors (Lipinski definition) is 5. The number of hydrogen-bond donors (Lipinski definition) is 0. The minimum Gasteiger partial charge on any atom is -0.497 e. The van der Waals surface area contributed by atoms with Crippen LogP contribution >= 0.6 is 11.6 Å². The van der Waals surface area contributed by atoms with Crippen LogP contribution in [0.1, 0.15) is 28.8 Å². The molecule has 0 spiro atoms. The quantitative estimate of drug-likeness (QED) is 0.643. The molecular weight excluding hydrogens is 454 g/mol. The van der Waals surface area contributed by atoms with E-state index in [9.17, 15) is 9.59 Å². The molecule has 2 amide bonds. The number of nitrogens with zero attached hydrogens (tertiary/aromatic N) is 3. The number of benzene rings is 2. The van der Waals surface area contributed by atoms with E-state index in [0.29, 0.717) is 56.1 Å². The largest absolute Gasteiger partial charge is 0.497 e. The highest BCUT2D eigenvalue weighted by molar-refractivity contribution is 6.30. The number of piperidine rings is 1. The number of halogens is 1. The standard InChI is InChI=1S/C26H32ClN3O4/c1-18-4-5-21(27)16-24(18)28-10-12-30(13-11-28)25(31)19-6-8-29(9-7-19)26(32)20-14-22(33-2)17-23(15-20)34-3/h4-5,14-17,19H,6-13H2,1-3H3. The number of aryl methyl sites for hydroxylation is 1. The molecule has 182 valence electrons. The molecule has 0 unspecified atom stereocenters. The van der Waals surface area contributed by atoms with Crippen LogP contribution in [0.25, 0.3) is 0 Å². The van der Waals surface area contributed by atoms with Crippen molar-refractivity contribution in [3.63, 3.8) is 0 Å². The SMILES string of the molecule is COc1cc(OC)cc(C(=O)N2CCC(C(=O)N3CCN(c4cc(Cl)ccc4C)CC3)CC2)c1. The Balaban J connectivity index is 1.31. The van der Waals surface area contributed by atoms with Crippen molar-refractivity contribution in [2.24, 2.45) is 5.92 Å². The van der Waals surface area contributed by atoms with Gasteiger partial charge in [0.1, 0.15) is 11.5 Å². The number of methoxy groups -OCH3 is 2. The Kier molecular flexibility index (Phi) is 7.51. The fraction of sp³-hybridized carbons (Fsp3) is 0.462. The van der Waals surface area contributed by atoms with Gasteiger partial charge in [0, 0.05) is 67.5 Å². The molecule has 2 fully saturated rings.